The van der Waals surface area contributed by atoms with Crippen molar-refractivity contribution in [2.45, 2.75) is 23.7 Å². The van der Waals surface area contributed by atoms with Crippen LogP contribution in [0.4, 0.5) is 0 Å². The van der Waals surface area contributed by atoms with Crippen LogP contribution in [-0.4, -0.2) is 16.1 Å². The van der Waals surface area contributed by atoms with Gasteiger partial charge in [-0.1, -0.05) is 0 Å². The van der Waals surface area contributed by atoms with Crippen molar-refractivity contribution >= 4 is 23.1 Å². The second-order valence-electron chi connectivity index (χ2n) is 3.23. The van der Waals surface area contributed by atoms with Crippen LogP contribution < -0.4 is 0 Å². The van der Waals surface area contributed by atoms with Crippen LogP contribution in [0.2, 0.25) is 0 Å². The quantitative estimate of drug-likeness (QED) is 0.809. The Labute approximate surface area is 80.8 Å². The third-order valence-corrected chi connectivity index (χ3v) is 4.65. The van der Waals surface area contributed by atoms with Gasteiger partial charge < -0.3 is 5.11 Å². The Morgan fingerprint density at radius 1 is 1.67 bits per heavy atom. The van der Waals surface area contributed by atoms with Gasteiger partial charge in [-0.25, -0.2) is 0 Å². The van der Waals surface area contributed by atoms with E-state index in [-0.39, 0.29) is 10.9 Å². The maximum Gasteiger partial charge on any atom is 0.0944 e. The van der Waals surface area contributed by atoms with E-state index >= 15 is 0 Å². The third-order valence-electron chi connectivity index (χ3n) is 2.51. The molecule has 1 nitrogen and oxygen atoms in total. The van der Waals surface area contributed by atoms with E-state index in [4.69, 9.17) is 0 Å². The fourth-order valence-electron chi connectivity index (χ4n) is 1.45. The minimum absolute atomic E-state index is 0.154. The summed E-state index contributed by atoms with van der Waals surface area (Å²) in [5, 5.41) is 14.1. The molecule has 1 unspecified atom stereocenters. The van der Waals surface area contributed by atoms with E-state index < -0.39 is 0 Å². The van der Waals surface area contributed by atoms with Gasteiger partial charge in [-0.3, -0.25) is 0 Å². The normalized spacial score (nSPS) is 22.2. The van der Waals surface area contributed by atoms with Crippen molar-refractivity contribution in [3.8, 4) is 0 Å². The summed E-state index contributed by atoms with van der Waals surface area (Å²) in [5.74, 6) is 0. The zero-order valence-corrected chi connectivity index (χ0v) is 8.62. The van der Waals surface area contributed by atoms with Crippen molar-refractivity contribution in [3.05, 3.63) is 22.4 Å². The highest BCUT2D eigenvalue weighted by atomic mass is 32.2. The predicted molar refractivity (Wildman–Crippen MR) is 54.8 cm³/mol. The van der Waals surface area contributed by atoms with Gasteiger partial charge in [0, 0.05) is 4.75 Å². The smallest absolute Gasteiger partial charge is 0.0944 e. The van der Waals surface area contributed by atoms with Gasteiger partial charge in [0.1, 0.15) is 0 Å². The molecule has 0 spiro atoms. The number of rotatable bonds is 3. The molecule has 1 aromatic heterocycles. The standard InChI is InChI=1S/C9H12OS2/c1-11-9(3-4-9)8(10)7-2-5-12-6-7/h2,5-6,8,10H,3-4H2,1H3. The molecular weight excluding hydrogens is 188 g/mol. The summed E-state index contributed by atoms with van der Waals surface area (Å²) in [6.07, 6.45) is 4.15. The van der Waals surface area contributed by atoms with E-state index in [0.717, 1.165) is 18.4 Å². The first-order valence-electron chi connectivity index (χ1n) is 4.04. The predicted octanol–water partition coefficient (Wildman–Crippen LogP) is 2.68. The van der Waals surface area contributed by atoms with Crippen LogP contribution in [0.5, 0.6) is 0 Å². The van der Waals surface area contributed by atoms with E-state index in [1.807, 2.05) is 16.8 Å². The molecule has 0 saturated heterocycles. The van der Waals surface area contributed by atoms with Gasteiger partial charge in [-0.05, 0) is 41.5 Å². The van der Waals surface area contributed by atoms with Crippen LogP contribution in [0.15, 0.2) is 16.8 Å². The molecule has 2 rings (SSSR count). The topological polar surface area (TPSA) is 20.2 Å². The van der Waals surface area contributed by atoms with Crippen LogP contribution >= 0.6 is 23.1 Å². The number of hydrogen-bond donors (Lipinski definition) is 1. The lowest BCUT2D eigenvalue weighted by Crippen LogP contribution is -2.14. The van der Waals surface area contributed by atoms with Gasteiger partial charge in [0.05, 0.1) is 6.10 Å². The number of hydrogen-bond acceptors (Lipinski definition) is 3. The van der Waals surface area contributed by atoms with Crippen molar-refractivity contribution in [1.82, 2.24) is 0 Å². The molecule has 12 heavy (non-hydrogen) atoms. The van der Waals surface area contributed by atoms with E-state index in [1.165, 1.54) is 0 Å². The summed E-state index contributed by atoms with van der Waals surface area (Å²) in [6.45, 7) is 0. The van der Waals surface area contributed by atoms with Gasteiger partial charge in [0.15, 0.2) is 0 Å². The summed E-state index contributed by atoms with van der Waals surface area (Å²) in [6, 6.07) is 2.02. The molecular formula is C9H12OS2. The fourth-order valence-corrected chi connectivity index (χ4v) is 3.00. The Kier molecular flexibility index (Phi) is 2.19. The van der Waals surface area contributed by atoms with Crippen molar-refractivity contribution in [1.29, 1.82) is 0 Å². The third kappa shape index (κ3) is 1.30. The highest BCUT2D eigenvalue weighted by Gasteiger charge is 2.48. The van der Waals surface area contributed by atoms with Crippen LogP contribution in [0.1, 0.15) is 24.5 Å². The fraction of sp³-hybridized carbons (Fsp3) is 0.556. The molecule has 1 fully saturated rings. The van der Waals surface area contributed by atoms with E-state index in [1.54, 1.807) is 23.1 Å². The molecule has 0 bridgehead atoms. The van der Waals surface area contributed by atoms with E-state index in [0.29, 0.717) is 0 Å². The second-order valence-corrected chi connectivity index (χ2v) is 5.23. The first-order chi connectivity index (χ1) is 5.78. The molecule has 1 aliphatic carbocycles. The minimum atomic E-state index is -0.251. The molecule has 0 aromatic carbocycles. The molecule has 0 aliphatic heterocycles. The van der Waals surface area contributed by atoms with Gasteiger partial charge in [0.25, 0.3) is 0 Å². The Morgan fingerprint density at radius 2 is 2.42 bits per heavy atom. The summed E-state index contributed by atoms with van der Waals surface area (Å²) in [5.41, 5.74) is 1.09. The molecule has 0 amide bonds. The SMILES string of the molecule is CSC1(C(O)c2ccsc2)CC1. The average Bonchev–Trinajstić information content (AvgIpc) is 2.71. The van der Waals surface area contributed by atoms with E-state index in [9.17, 15) is 5.11 Å². The zero-order chi connectivity index (χ0) is 8.60. The molecule has 1 saturated carbocycles. The first kappa shape index (κ1) is 8.60. The molecule has 1 N–H and O–H groups in total. The summed E-state index contributed by atoms with van der Waals surface area (Å²) < 4.78 is 0.154. The minimum Gasteiger partial charge on any atom is -0.387 e. The summed E-state index contributed by atoms with van der Waals surface area (Å²) >= 11 is 3.45. The molecule has 3 heteroatoms. The zero-order valence-electron chi connectivity index (χ0n) is 6.99. The van der Waals surface area contributed by atoms with Gasteiger partial charge in [-0.15, -0.1) is 0 Å². The molecule has 0 radical (unpaired) electrons. The summed E-state index contributed by atoms with van der Waals surface area (Å²) in [4.78, 5) is 0. The Morgan fingerprint density at radius 3 is 2.83 bits per heavy atom. The Bertz CT molecular complexity index is 252. The highest BCUT2D eigenvalue weighted by molar-refractivity contribution is 8.00. The maximum atomic E-state index is 9.99. The largest absolute Gasteiger partial charge is 0.387 e. The van der Waals surface area contributed by atoms with Crippen LogP contribution in [0, 0.1) is 0 Å². The molecule has 1 atom stereocenters. The number of thiophene rings is 1. The van der Waals surface area contributed by atoms with Gasteiger partial charge in [-0.2, -0.15) is 23.1 Å². The van der Waals surface area contributed by atoms with Crippen LogP contribution in [0.25, 0.3) is 0 Å². The number of aliphatic hydroxyl groups excluding tert-OH is 1. The lowest BCUT2D eigenvalue weighted by atomic mass is 10.1. The van der Waals surface area contributed by atoms with Crippen molar-refractivity contribution in [2.75, 3.05) is 6.26 Å². The van der Waals surface area contributed by atoms with Crippen LogP contribution in [-0.2, 0) is 0 Å². The van der Waals surface area contributed by atoms with Crippen molar-refractivity contribution in [3.63, 3.8) is 0 Å². The molecule has 1 aliphatic rings. The van der Waals surface area contributed by atoms with Gasteiger partial charge in [0.2, 0.25) is 0 Å². The summed E-state index contributed by atoms with van der Waals surface area (Å²) in [7, 11) is 0. The maximum absolute atomic E-state index is 9.99. The van der Waals surface area contributed by atoms with E-state index in [2.05, 4.69) is 6.26 Å². The lowest BCUT2D eigenvalue weighted by Gasteiger charge is -2.18. The molecule has 66 valence electrons. The lowest BCUT2D eigenvalue weighted by molar-refractivity contribution is 0.167. The number of aliphatic hydroxyl groups is 1. The van der Waals surface area contributed by atoms with Crippen molar-refractivity contribution in [2.24, 2.45) is 0 Å². The average molecular weight is 200 g/mol. The monoisotopic (exact) mass is 200 g/mol. The molecule has 1 aromatic rings. The van der Waals surface area contributed by atoms with Crippen molar-refractivity contribution < 1.29 is 5.11 Å². The Hall–Kier alpha value is 0.01000. The van der Waals surface area contributed by atoms with Gasteiger partial charge >= 0.3 is 0 Å². The molecule has 1 heterocycles. The Balaban J connectivity index is 2.15. The highest BCUT2D eigenvalue weighted by Crippen LogP contribution is 2.55. The number of thioether (sulfide) groups is 1. The van der Waals surface area contributed by atoms with Crippen LogP contribution in [0.3, 0.4) is 0 Å². The second kappa shape index (κ2) is 3.05. The first-order valence-corrected chi connectivity index (χ1v) is 6.20.